The lowest BCUT2D eigenvalue weighted by Crippen LogP contribution is -2.44. The molecule has 0 unspecified atom stereocenters. The molecule has 5 heteroatoms. The van der Waals surface area contributed by atoms with Gasteiger partial charge in [0.2, 0.25) is 0 Å². The largest absolute Gasteiger partial charge is 0.396 e. The molecule has 1 aromatic rings. The summed E-state index contributed by atoms with van der Waals surface area (Å²) in [7, 11) is 0. The molecule has 1 fully saturated rings. The predicted molar refractivity (Wildman–Crippen MR) is 77.3 cm³/mol. The average Bonchev–Trinajstić information content (AvgIpc) is 2.43. The molecule has 0 aromatic carbocycles. The summed E-state index contributed by atoms with van der Waals surface area (Å²) in [4.78, 5) is 9.24. The maximum Gasteiger partial charge on any atom is 0.154 e. The van der Waals surface area contributed by atoms with Crippen molar-refractivity contribution in [3.8, 4) is 0 Å². The summed E-state index contributed by atoms with van der Waals surface area (Å²) in [6, 6.07) is 3.99. The summed E-state index contributed by atoms with van der Waals surface area (Å²) in [6.07, 6.45) is 0. The fourth-order valence-electron chi connectivity index (χ4n) is 2.30. The van der Waals surface area contributed by atoms with Crippen molar-refractivity contribution in [2.75, 3.05) is 54.8 Å². The fourth-order valence-corrected chi connectivity index (χ4v) is 2.30. The number of aromatic nitrogens is 1. The van der Waals surface area contributed by atoms with Crippen molar-refractivity contribution in [3.05, 3.63) is 12.1 Å². The van der Waals surface area contributed by atoms with E-state index in [1.165, 1.54) is 0 Å². The molecule has 0 bridgehead atoms. The first-order chi connectivity index (χ1) is 8.76. The molecule has 5 nitrogen and oxygen atoms in total. The van der Waals surface area contributed by atoms with Crippen molar-refractivity contribution in [2.45, 2.75) is 13.8 Å². The number of nitrogens with one attached hydrogen (secondary N) is 1. The molecule has 2 rings (SSSR count). The molecule has 2 heterocycles. The van der Waals surface area contributed by atoms with Gasteiger partial charge in [0, 0.05) is 39.3 Å². The van der Waals surface area contributed by atoms with Crippen LogP contribution < -0.4 is 20.9 Å². The Bertz CT molecular complexity index is 383. The molecule has 0 aliphatic carbocycles. The van der Waals surface area contributed by atoms with E-state index < -0.39 is 0 Å². The van der Waals surface area contributed by atoms with Gasteiger partial charge in [-0.2, -0.15) is 0 Å². The van der Waals surface area contributed by atoms with E-state index in [0.717, 1.165) is 56.6 Å². The van der Waals surface area contributed by atoms with E-state index in [2.05, 4.69) is 29.0 Å². The smallest absolute Gasteiger partial charge is 0.154 e. The molecule has 0 spiro atoms. The van der Waals surface area contributed by atoms with Gasteiger partial charge in [0.25, 0.3) is 0 Å². The molecule has 1 aliphatic heterocycles. The highest BCUT2D eigenvalue weighted by Gasteiger charge is 2.15. The highest BCUT2D eigenvalue weighted by molar-refractivity contribution is 5.66. The second-order valence-corrected chi connectivity index (χ2v) is 4.49. The van der Waals surface area contributed by atoms with Gasteiger partial charge in [0.1, 0.15) is 5.82 Å². The van der Waals surface area contributed by atoms with E-state index in [1.807, 2.05) is 12.1 Å². The second kappa shape index (κ2) is 5.91. The highest BCUT2D eigenvalue weighted by Crippen LogP contribution is 2.24. The first-order valence-corrected chi connectivity index (χ1v) is 6.73. The Balaban J connectivity index is 2.24. The monoisotopic (exact) mass is 249 g/mol. The Morgan fingerprint density at radius 2 is 1.94 bits per heavy atom. The van der Waals surface area contributed by atoms with Crippen LogP contribution in [0.5, 0.6) is 0 Å². The Kier molecular flexibility index (Phi) is 4.25. The zero-order chi connectivity index (χ0) is 13.0. The van der Waals surface area contributed by atoms with Gasteiger partial charge in [-0.1, -0.05) is 0 Å². The number of piperazine rings is 1. The van der Waals surface area contributed by atoms with Crippen LogP contribution in [-0.4, -0.2) is 44.3 Å². The third-order valence-corrected chi connectivity index (χ3v) is 3.39. The third kappa shape index (κ3) is 2.67. The molecular weight excluding hydrogens is 226 g/mol. The lowest BCUT2D eigenvalue weighted by atomic mass is 10.3. The number of nitrogens with zero attached hydrogens (tertiary/aromatic N) is 3. The minimum Gasteiger partial charge on any atom is -0.396 e. The van der Waals surface area contributed by atoms with Crippen molar-refractivity contribution < 1.29 is 0 Å². The normalized spacial score (nSPS) is 15.8. The van der Waals surface area contributed by atoms with Crippen LogP contribution in [0.3, 0.4) is 0 Å². The van der Waals surface area contributed by atoms with Crippen LogP contribution >= 0.6 is 0 Å². The van der Waals surface area contributed by atoms with Crippen molar-refractivity contribution in [3.63, 3.8) is 0 Å². The maximum atomic E-state index is 6.04. The number of hydrogen-bond acceptors (Lipinski definition) is 5. The molecule has 0 amide bonds. The SMILES string of the molecule is CCN(CC)c1nc(N2CCNCC2)ccc1N. The number of pyridine rings is 1. The van der Waals surface area contributed by atoms with Gasteiger partial charge in [-0.3, -0.25) is 0 Å². The van der Waals surface area contributed by atoms with Crippen LogP contribution in [0, 0.1) is 0 Å². The van der Waals surface area contributed by atoms with E-state index in [9.17, 15) is 0 Å². The van der Waals surface area contributed by atoms with Gasteiger partial charge in [0.05, 0.1) is 5.69 Å². The van der Waals surface area contributed by atoms with Crippen molar-refractivity contribution in [1.29, 1.82) is 0 Å². The van der Waals surface area contributed by atoms with E-state index in [0.29, 0.717) is 0 Å². The summed E-state index contributed by atoms with van der Waals surface area (Å²) in [5.74, 6) is 1.95. The fraction of sp³-hybridized carbons (Fsp3) is 0.615. The van der Waals surface area contributed by atoms with E-state index in [4.69, 9.17) is 10.7 Å². The highest BCUT2D eigenvalue weighted by atomic mass is 15.3. The van der Waals surface area contributed by atoms with Crippen molar-refractivity contribution in [2.24, 2.45) is 0 Å². The summed E-state index contributed by atoms with van der Waals surface area (Å²) >= 11 is 0. The minimum atomic E-state index is 0.762. The number of hydrogen-bond donors (Lipinski definition) is 2. The van der Waals surface area contributed by atoms with Gasteiger partial charge in [0.15, 0.2) is 5.82 Å². The molecule has 18 heavy (non-hydrogen) atoms. The van der Waals surface area contributed by atoms with Crippen LogP contribution in [0.25, 0.3) is 0 Å². The molecule has 1 saturated heterocycles. The van der Waals surface area contributed by atoms with Gasteiger partial charge < -0.3 is 20.9 Å². The Morgan fingerprint density at radius 3 is 2.56 bits per heavy atom. The summed E-state index contributed by atoms with van der Waals surface area (Å²) in [6.45, 7) is 10.2. The molecule has 0 atom stereocenters. The first-order valence-electron chi connectivity index (χ1n) is 6.73. The molecule has 3 N–H and O–H groups in total. The van der Waals surface area contributed by atoms with Crippen molar-refractivity contribution >= 4 is 17.3 Å². The van der Waals surface area contributed by atoms with E-state index in [1.54, 1.807) is 0 Å². The topological polar surface area (TPSA) is 57.4 Å². The third-order valence-electron chi connectivity index (χ3n) is 3.39. The van der Waals surface area contributed by atoms with E-state index >= 15 is 0 Å². The van der Waals surface area contributed by atoms with Crippen LogP contribution in [0.1, 0.15) is 13.8 Å². The predicted octanol–water partition coefficient (Wildman–Crippen LogP) is 0.920. The van der Waals surface area contributed by atoms with Crippen LogP contribution in [0.4, 0.5) is 17.3 Å². The lowest BCUT2D eigenvalue weighted by Gasteiger charge is -2.30. The zero-order valence-corrected chi connectivity index (χ0v) is 11.3. The van der Waals surface area contributed by atoms with Crippen LogP contribution in [0.15, 0.2) is 12.1 Å². The first kappa shape index (κ1) is 13.0. The number of rotatable bonds is 4. The summed E-state index contributed by atoms with van der Waals surface area (Å²) in [5.41, 5.74) is 6.80. The van der Waals surface area contributed by atoms with Gasteiger partial charge >= 0.3 is 0 Å². The maximum absolute atomic E-state index is 6.04. The van der Waals surface area contributed by atoms with E-state index in [-0.39, 0.29) is 0 Å². The molecule has 0 radical (unpaired) electrons. The molecule has 100 valence electrons. The second-order valence-electron chi connectivity index (χ2n) is 4.49. The summed E-state index contributed by atoms with van der Waals surface area (Å²) in [5, 5.41) is 3.35. The van der Waals surface area contributed by atoms with Crippen LogP contribution in [-0.2, 0) is 0 Å². The number of nitrogens with two attached hydrogens (primary N) is 1. The average molecular weight is 249 g/mol. The number of nitrogen functional groups attached to an aromatic ring is 1. The number of anilines is 3. The quantitative estimate of drug-likeness (QED) is 0.831. The summed E-state index contributed by atoms with van der Waals surface area (Å²) < 4.78 is 0. The molecule has 1 aliphatic rings. The van der Waals surface area contributed by atoms with Gasteiger partial charge in [-0.15, -0.1) is 0 Å². The van der Waals surface area contributed by atoms with Crippen molar-refractivity contribution in [1.82, 2.24) is 10.3 Å². The van der Waals surface area contributed by atoms with Gasteiger partial charge in [-0.25, -0.2) is 4.98 Å². The Labute approximate surface area is 109 Å². The van der Waals surface area contributed by atoms with Crippen LogP contribution in [0.2, 0.25) is 0 Å². The van der Waals surface area contributed by atoms with Gasteiger partial charge in [-0.05, 0) is 26.0 Å². The Morgan fingerprint density at radius 1 is 1.28 bits per heavy atom. The minimum absolute atomic E-state index is 0.762. The molecular formula is C13H23N5. The standard InChI is InChI=1S/C13H23N5/c1-3-17(4-2)13-11(14)5-6-12(16-13)18-9-7-15-8-10-18/h5-6,15H,3-4,7-10,14H2,1-2H3. The molecule has 1 aromatic heterocycles. The molecule has 0 saturated carbocycles. The zero-order valence-electron chi connectivity index (χ0n) is 11.3. The lowest BCUT2D eigenvalue weighted by molar-refractivity contribution is 0.585. The Hall–Kier alpha value is -1.49.